The predicted octanol–water partition coefficient (Wildman–Crippen LogP) is 3.53. The summed E-state index contributed by atoms with van der Waals surface area (Å²) in [5.41, 5.74) is 3.95. The average Bonchev–Trinajstić information content (AvgIpc) is 3.45. The van der Waals surface area contributed by atoms with E-state index in [1.165, 1.54) is 17.0 Å². The van der Waals surface area contributed by atoms with Crippen LogP contribution in [0.5, 0.6) is 0 Å². The number of rotatable bonds is 6. The zero-order valence-corrected chi connectivity index (χ0v) is 17.6. The standard InChI is InChI=1S/C22H22N6O2S/c29-21(23-14-20-26-17-3-1-2-4-18(17)27-20)19-13-24-22(31-19)25-15-5-7-16(8-6-15)28-9-11-30-12-10-28/h1-8,13H,9-12,14H2,(H,23,29)(H,24,25)(H,26,27). The maximum atomic E-state index is 12.5. The molecule has 1 aliphatic rings. The second-order valence-electron chi connectivity index (χ2n) is 7.18. The number of hydrogen-bond donors (Lipinski definition) is 3. The first-order valence-electron chi connectivity index (χ1n) is 10.1. The minimum absolute atomic E-state index is 0.173. The van der Waals surface area contributed by atoms with Gasteiger partial charge in [-0.15, -0.1) is 0 Å². The SMILES string of the molecule is O=C(NCc1nc2ccccc2[nH]1)c1cnc(Nc2ccc(N3CCOCC3)cc2)s1. The number of morpholine rings is 1. The lowest BCUT2D eigenvalue weighted by Gasteiger charge is -2.28. The van der Waals surface area contributed by atoms with E-state index in [9.17, 15) is 4.79 Å². The summed E-state index contributed by atoms with van der Waals surface area (Å²) < 4.78 is 5.40. The van der Waals surface area contributed by atoms with Crippen LogP contribution in [-0.2, 0) is 11.3 Å². The molecule has 8 nitrogen and oxygen atoms in total. The molecule has 1 aliphatic heterocycles. The highest BCUT2D eigenvalue weighted by Gasteiger charge is 2.13. The minimum Gasteiger partial charge on any atom is -0.378 e. The summed E-state index contributed by atoms with van der Waals surface area (Å²) in [7, 11) is 0. The van der Waals surface area contributed by atoms with Crippen LogP contribution in [0.4, 0.5) is 16.5 Å². The number of nitrogens with zero attached hydrogens (tertiary/aromatic N) is 3. The first-order chi connectivity index (χ1) is 15.2. The van der Waals surface area contributed by atoms with Gasteiger partial charge < -0.3 is 25.3 Å². The summed E-state index contributed by atoms with van der Waals surface area (Å²) >= 11 is 1.32. The Morgan fingerprint density at radius 2 is 1.94 bits per heavy atom. The molecule has 0 atom stereocenters. The number of hydrogen-bond acceptors (Lipinski definition) is 7. The number of H-pyrrole nitrogens is 1. The minimum atomic E-state index is -0.173. The van der Waals surface area contributed by atoms with Gasteiger partial charge in [0.2, 0.25) is 0 Å². The Balaban J connectivity index is 1.18. The van der Waals surface area contributed by atoms with Crippen molar-refractivity contribution >= 4 is 44.8 Å². The van der Waals surface area contributed by atoms with E-state index >= 15 is 0 Å². The van der Waals surface area contributed by atoms with Crippen LogP contribution in [0.15, 0.2) is 54.7 Å². The van der Waals surface area contributed by atoms with Crippen LogP contribution in [0.25, 0.3) is 11.0 Å². The summed E-state index contributed by atoms with van der Waals surface area (Å²) in [5.74, 6) is 0.548. The van der Waals surface area contributed by atoms with Crippen molar-refractivity contribution in [3.8, 4) is 0 Å². The Morgan fingerprint density at radius 3 is 2.74 bits per heavy atom. The molecule has 1 fully saturated rings. The highest BCUT2D eigenvalue weighted by atomic mass is 32.1. The van der Waals surface area contributed by atoms with Gasteiger partial charge in [-0.2, -0.15) is 0 Å². The van der Waals surface area contributed by atoms with Crippen molar-refractivity contribution in [2.24, 2.45) is 0 Å². The molecule has 4 aromatic rings. The van der Waals surface area contributed by atoms with Gasteiger partial charge in [-0.25, -0.2) is 9.97 Å². The molecule has 2 aromatic heterocycles. The maximum Gasteiger partial charge on any atom is 0.263 e. The lowest BCUT2D eigenvalue weighted by Crippen LogP contribution is -2.36. The van der Waals surface area contributed by atoms with Crippen LogP contribution >= 0.6 is 11.3 Å². The molecule has 2 aromatic carbocycles. The number of carbonyl (C=O) groups excluding carboxylic acids is 1. The number of aromatic nitrogens is 3. The van der Waals surface area contributed by atoms with Gasteiger partial charge in [0.15, 0.2) is 5.13 Å². The van der Waals surface area contributed by atoms with Gasteiger partial charge in [0, 0.05) is 24.5 Å². The second kappa shape index (κ2) is 8.75. The van der Waals surface area contributed by atoms with Crippen molar-refractivity contribution in [3.05, 3.63) is 65.4 Å². The molecule has 31 heavy (non-hydrogen) atoms. The van der Waals surface area contributed by atoms with E-state index in [4.69, 9.17) is 4.74 Å². The third-order valence-corrected chi connectivity index (χ3v) is 5.99. The largest absolute Gasteiger partial charge is 0.378 e. The van der Waals surface area contributed by atoms with Gasteiger partial charge in [-0.05, 0) is 36.4 Å². The summed E-state index contributed by atoms with van der Waals surface area (Å²) in [5, 5.41) is 6.83. The fourth-order valence-corrected chi connectivity index (χ4v) is 4.23. The van der Waals surface area contributed by atoms with Gasteiger partial charge in [-0.1, -0.05) is 23.5 Å². The first-order valence-corrected chi connectivity index (χ1v) is 10.9. The second-order valence-corrected chi connectivity index (χ2v) is 8.21. The number of para-hydroxylation sites is 2. The van der Waals surface area contributed by atoms with Crippen molar-refractivity contribution in [3.63, 3.8) is 0 Å². The molecule has 0 spiro atoms. The molecule has 0 aliphatic carbocycles. The van der Waals surface area contributed by atoms with Crippen LogP contribution in [0.1, 0.15) is 15.5 Å². The quantitative estimate of drug-likeness (QED) is 0.430. The molecule has 5 rings (SSSR count). The Hall–Kier alpha value is -3.43. The van der Waals surface area contributed by atoms with Crippen molar-refractivity contribution in [2.45, 2.75) is 6.54 Å². The van der Waals surface area contributed by atoms with Gasteiger partial charge >= 0.3 is 0 Å². The molecule has 9 heteroatoms. The molecular weight excluding hydrogens is 412 g/mol. The topological polar surface area (TPSA) is 95.2 Å². The van der Waals surface area contributed by atoms with Crippen molar-refractivity contribution in [2.75, 3.05) is 36.5 Å². The predicted molar refractivity (Wildman–Crippen MR) is 122 cm³/mol. The summed E-state index contributed by atoms with van der Waals surface area (Å²) in [4.78, 5) is 27.4. The number of benzene rings is 2. The van der Waals surface area contributed by atoms with Crippen LogP contribution < -0.4 is 15.5 Å². The third-order valence-electron chi connectivity index (χ3n) is 5.08. The smallest absolute Gasteiger partial charge is 0.263 e. The number of carbonyl (C=O) groups is 1. The Labute approximate surface area is 183 Å². The molecule has 3 N–H and O–H groups in total. The number of thiazole rings is 1. The number of anilines is 3. The van der Waals surface area contributed by atoms with Gasteiger partial charge in [0.05, 0.1) is 37.0 Å². The fraction of sp³-hybridized carbons (Fsp3) is 0.227. The van der Waals surface area contributed by atoms with Crippen LogP contribution in [0.2, 0.25) is 0 Å². The molecule has 0 bridgehead atoms. The number of ether oxygens (including phenoxy) is 1. The molecule has 1 saturated heterocycles. The molecule has 158 valence electrons. The Bertz CT molecular complexity index is 1150. The number of fused-ring (bicyclic) bond motifs is 1. The maximum absolute atomic E-state index is 12.5. The normalized spacial score (nSPS) is 14.0. The number of aromatic amines is 1. The fourth-order valence-electron chi connectivity index (χ4n) is 3.48. The summed E-state index contributed by atoms with van der Waals surface area (Å²) in [6.45, 7) is 3.68. The van der Waals surface area contributed by atoms with E-state index in [0.29, 0.717) is 16.6 Å². The number of nitrogens with one attached hydrogen (secondary N) is 3. The Kier molecular flexibility index (Phi) is 5.51. The van der Waals surface area contributed by atoms with Gasteiger partial charge in [-0.3, -0.25) is 4.79 Å². The van der Waals surface area contributed by atoms with Crippen LogP contribution in [0, 0.1) is 0 Å². The summed E-state index contributed by atoms with van der Waals surface area (Å²) in [6, 6.07) is 16.0. The van der Waals surface area contributed by atoms with Crippen molar-refractivity contribution < 1.29 is 9.53 Å². The molecule has 3 heterocycles. The molecule has 1 amide bonds. The Morgan fingerprint density at radius 1 is 1.13 bits per heavy atom. The highest BCUT2D eigenvalue weighted by Crippen LogP contribution is 2.25. The van der Waals surface area contributed by atoms with E-state index in [0.717, 1.165) is 48.8 Å². The zero-order chi connectivity index (χ0) is 21.0. The summed E-state index contributed by atoms with van der Waals surface area (Å²) in [6.07, 6.45) is 1.59. The average molecular weight is 435 g/mol. The monoisotopic (exact) mass is 434 g/mol. The highest BCUT2D eigenvalue weighted by molar-refractivity contribution is 7.17. The zero-order valence-electron chi connectivity index (χ0n) is 16.8. The lowest BCUT2D eigenvalue weighted by molar-refractivity contribution is 0.0954. The van der Waals surface area contributed by atoms with E-state index in [1.807, 2.05) is 36.4 Å². The van der Waals surface area contributed by atoms with Gasteiger partial charge in [0.1, 0.15) is 10.7 Å². The number of imidazole rings is 1. The van der Waals surface area contributed by atoms with E-state index < -0.39 is 0 Å². The number of amides is 1. The molecule has 0 unspecified atom stereocenters. The lowest BCUT2D eigenvalue weighted by atomic mass is 10.2. The molecule has 0 saturated carbocycles. The van der Waals surface area contributed by atoms with Crippen molar-refractivity contribution in [1.82, 2.24) is 20.3 Å². The van der Waals surface area contributed by atoms with Crippen molar-refractivity contribution in [1.29, 1.82) is 0 Å². The first kappa shape index (κ1) is 19.5. The van der Waals surface area contributed by atoms with E-state index in [2.05, 4.69) is 42.6 Å². The van der Waals surface area contributed by atoms with Crippen LogP contribution in [-0.4, -0.2) is 47.2 Å². The van der Waals surface area contributed by atoms with Crippen LogP contribution in [0.3, 0.4) is 0 Å². The molecule has 0 radical (unpaired) electrons. The third kappa shape index (κ3) is 4.52. The molecular formula is C22H22N6O2S. The van der Waals surface area contributed by atoms with Gasteiger partial charge in [0.25, 0.3) is 5.91 Å². The van der Waals surface area contributed by atoms with E-state index in [-0.39, 0.29) is 5.91 Å². The van der Waals surface area contributed by atoms with E-state index in [1.54, 1.807) is 6.20 Å².